The van der Waals surface area contributed by atoms with Gasteiger partial charge in [0, 0.05) is 18.0 Å². The van der Waals surface area contributed by atoms with E-state index in [0.717, 1.165) is 17.7 Å². The second-order valence-corrected chi connectivity index (χ2v) is 4.26. The van der Waals surface area contributed by atoms with E-state index in [-0.39, 0.29) is 17.7 Å². The van der Waals surface area contributed by atoms with Crippen molar-refractivity contribution < 1.29 is 10.0 Å². The summed E-state index contributed by atoms with van der Waals surface area (Å²) in [5.74, 6) is 0.176. The fourth-order valence-corrected chi connectivity index (χ4v) is 1.40. The van der Waals surface area contributed by atoms with E-state index in [2.05, 4.69) is 10.5 Å². The molecular weight excluding hydrogens is 230 g/mol. The number of amidine groups is 1. The molecule has 1 unspecified atom stereocenters. The standard InChI is InChI=1S/C13H19N3O2/c1-3-9(2)13(17)15-11-6-4-10(5-7-11)8-12(14)16-18/h4-7,9,18H,3,8H2,1-2H3,(H2,14,16)(H,15,17). The number of nitrogens with one attached hydrogen (secondary N) is 1. The largest absolute Gasteiger partial charge is 0.409 e. The van der Waals surface area contributed by atoms with E-state index < -0.39 is 0 Å². The second-order valence-electron chi connectivity index (χ2n) is 4.26. The smallest absolute Gasteiger partial charge is 0.227 e. The van der Waals surface area contributed by atoms with E-state index in [1.165, 1.54) is 0 Å². The Hall–Kier alpha value is -2.04. The summed E-state index contributed by atoms with van der Waals surface area (Å²) in [5, 5.41) is 14.2. The van der Waals surface area contributed by atoms with Crippen molar-refractivity contribution >= 4 is 17.4 Å². The van der Waals surface area contributed by atoms with Crippen molar-refractivity contribution in [3.63, 3.8) is 0 Å². The third-order valence-corrected chi connectivity index (χ3v) is 2.80. The Labute approximate surface area is 107 Å². The molecule has 0 aromatic heterocycles. The lowest BCUT2D eigenvalue weighted by molar-refractivity contribution is -0.119. The zero-order valence-electron chi connectivity index (χ0n) is 10.7. The lowest BCUT2D eigenvalue weighted by atomic mass is 10.1. The number of carbonyl (C=O) groups excluding carboxylic acids is 1. The van der Waals surface area contributed by atoms with Crippen LogP contribution in [0.15, 0.2) is 29.4 Å². The first-order chi connectivity index (χ1) is 8.56. The number of nitrogens with zero attached hydrogens (tertiary/aromatic N) is 1. The minimum atomic E-state index is 0.00171. The molecule has 0 saturated heterocycles. The Morgan fingerprint density at radius 3 is 2.56 bits per heavy atom. The zero-order chi connectivity index (χ0) is 13.5. The topological polar surface area (TPSA) is 87.7 Å². The molecule has 5 heteroatoms. The zero-order valence-corrected chi connectivity index (χ0v) is 10.7. The van der Waals surface area contributed by atoms with Gasteiger partial charge in [0.2, 0.25) is 5.91 Å². The quantitative estimate of drug-likeness (QED) is 0.322. The van der Waals surface area contributed by atoms with Gasteiger partial charge in [0.25, 0.3) is 0 Å². The van der Waals surface area contributed by atoms with Crippen LogP contribution in [0.4, 0.5) is 5.69 Å². The van der Waals surface area contributed by atoms with Gasteiger partial charge in [0.05, 0.1) is 0 Å². The summed E-state index contributed by atoms with van der Waals surface area (Å²) in [6, 6.07) is 7.29. The molecule has 0 radical (unpaired) electrons. The number of rotatable bonds is 5. The van der Waals surface area contributed by atoms with Crippen molar-refractivity contribution in [3.05, 3.63) is 29.8 Å². The highest BCUT2D eigenvalue weighted by molar-refractivity contribution is 5.92. The van der Waals surface area contributed by atoms with E-state index in [1.54, 1.807) is 12.1 Å². The molecule has 0 heterocycles. The van der Waals surface area contributed by atoms with E-state index in [9.17, 15) is 4.79 Å². The van der Waals surface area contributed by atoms with Crippen molar-refractivity contribution in [2.75, 3.05) is 5.32 Å². The van der Waals surface area contributed by atoms with Crippen LogP contribution in [0, 0.1) is 5.92 Å². The number of anilines is 1. The minimum Gasteiger partial charge on any atom is -0.409 e. The SMILES string of the molecule is CCC(C)C(=O)Nc1ccc(C/C(N)=N/O)cc1. The summed E-state index contributed by atoms with van der Waals surface area (Å²) in [6.07, 6.45) is 1.20. The average molecular weight is 249 g/mol. The molecule has 5 nitrogen and oxygen atoms in total. The summed E-state index contributed by atoms with van der Waals surface area (Å²) in [7, 11) is 0. The van der Waals surface area contributed by atoms with E-state index >= 15 is 0 Å². The van der Waals surface area contributed by atoms with Gasteiger partial charge in [-0.2, -0.15) is 0 Å². The molecule has 0 aliphatic carbocycles. The normalized spacial score (nSPS) is 13.1. The molecule has 0 bridgehead atoms. The Morgan fingerprint density at radius 2 is 2.06 bits per heavy atom. The van der Waals surface area contributed by atoms with Crippen LogP contribution in [0.5, 0.6) is 0 Å². The van der Waals surface area contributed by atoms with Crippen LogP contribution < -0.4 is 11.1 Å². The van der Waals surface area contributed by atoms with E-state index in [0.29, 0.717) is 6.42 Å². The van der Waals surface area contributed by atoms with Gasteiger partial charge in [-0.25, -0.2) is 0 Å². The van der Waals surface area contributed by atoms with E-state index in [4.69, 9.17) is 10.9 Å². The molecule has 98 valence electrons. The Balaban J connectivity index is 2.63. The third-order valence-electron chi connectivity index (χ3n) is 2.80. The van der Waals surface area contributed by atoms with Crippen LogP contribution in [0.2, 0.25) is 0 Å². The molecule has 1 amide bonds. The summed E-state index contributed by atoms with van der Waals surface area (Å²) in [6.45, 7) is 3.87. The van der Waals surface area contributed by atoms with Crippen LogP contribution in [-0.4, -0.2) is 17.0 Å². The molecule has 0 aliphatic heterocycles. The molecule has 0 fully saturated rings. The van der Waals surface area contributed by atoms with Crippen LogP contribution in [0.25, 0.3) is 0 Å². The van der Waals surface area contributed by atoms with Gasteiger partial charge in [0.1, 0.15) is 5.84 Å². The molecule has 0 spiro atoms. The van der Waals surface area contributed by atoms with Crippen LogP contribution in [0.1, 0.15) is 25.8 Å². The highest BCUT2D eigenvalue weighted by atomic mass is 16.4. The van der Waals surface area contributed by atoms with Gasteiger partial charge >= 0.3 is 0 Å². The third kappa shape index (κ3) is 4.08. The van der Waals surface area contributed by atoms with Crippen molar-refractivity contribution in [1.29, 1.82) is 0 Å². The van der Waals surface area contributed by atoms with Gasteiger partial charge < -0.3 is 16.3 Å². The number of hydrogen-bond donors (Lipinski definition) is 3. The van der Waals surface area contributed by atoms with Crippen LogP contribution >= 0.6 is 0 Å². The maximum Gasteiger partial charge on any atom is 0.227 e. The minimum absolute atomic E-state index is 0.00171. The van der Waals surface area contributed by atoms with Crippen molar-refractivity contribution in [1.82, 2.24) is 0 Å². The molecular formula is C13H19N3O2. The van der Waals surface area contributed by atoms with Crippen molar-refractivity contribution in [2.45, 2.75) is 26.7 Å². The number of carbonyl (C=O) groups is 1. The summed E-state index contributed by atoms with van der Waals surface area (Å²) in [5.41, 5.74) is 7.09. The fraction of sp³-hybridized carbons (Fsp3) is 0.385. The summed E-state index contributed by atoms with van der Waals surface area (Å²) in [4.78, 5) is 11.7. The summed E-state index contributed by atoms with van der Waals surface area (Å²) >= 11 is 0. The Kier molecular flexibility index (Phi) is 5.17. The van der Waals surface area contributed by atoms with Crippen LogP contribution in [0.3, 0.4) is 0 Å². The number of amides is 1. The molecule has 0 saturated carbocycles. The molecule has 4 N–H and O–H groups in total. The van der Waals surface area contributed by atoms with Gasteiger partial charge in [-0.3, -0.25) is 4.79 Å². The molecule has 1 aromatic carbocycles. The second kappa shape index (κ2) is 6.64. The maximum atomic E-state index is 11.7. The monoisotopic (exact) mass is 249 g/mol. The fourth-order valence-electron chi connectivity index (χ4n) is 1.40. The molecule has 1 aromatic rings. The van der Waals surface area contributed by atoms with Gasteiger partial charge in [-0.15, -0.1) is 0 Å². The highest BCUT2D eigenvalue weighted by Gasteiger charge is 2.10. The van der Waals surface area contributed by atoms with Gasteiger partial charge in [-0.1, -0.05) is 31.1 Å². The summed E-state index contributed by atoms with van der Waals surface area (Å²) < 4.78 is 0. The first kappa shape index (κ1) is 14.0. The lowest BCUT2D eigenvalue weighted by Crippen LogP contribution is -2.19. The van der Waals surface area contributed by atoms with Gasteiger partial charge in [-0.05, 0) is 24.1 Å². The highest BCUT2D eigenvalue weighted by Crippen LogP contribution is 2.12. The molecule has 18 heavy (non-hydrogen) atoms. The lowest BCUT2D eigenvalue weighted by Gasteiger charge is -2.10. The Bertz CT molecular complexity index is 426. The van der Waals surface area contributed by atoms with Crippen LogP contribution in [-0.2, 0) is 11.2 Å². The number of benzene rings is 1. The molecule has 1 rings (SSSR count). The molecule has 1 atom stereocenters. The number of oxime groups is 1. The number of nitrogens with two attached hydrogens (primary N) is 1. The van der Waals surface area contributed by atoms with E-state index in [1.807, 2.05) is 26.0 Å². The molecule has 0 aliphatic rings. The first-order valence-corrected chi connectivity index (χ1v) is 5.93. The maximum absolute atomic E-state index is 11.7. The van der Waals surface area contributed by atoms with Gasteiger partial charge in [0.15, 0.2) is 0 Å². The first-order valence-electron chi connectivity index (χ1n) is 5.93. The number of hydrogen-bond acceptors (Lipinski definition) is 3. The van der Waals surface area contributed by atoms with Crippen molar-refractivity contribution in [3.8, 4) is 0 Å². The van der Waals surface area contributed by atoms with Crippen molar-refractivity contribution in [2.24, 2.45) is 16.8 Å². The predicted octanol–water partition coefficient (Wildman–Crippen LogP) is 1.96. The average Bonchev–Trinajstić information content (AvgIpc) is 2.39. The predicted molar refractivity (Wildman–Crippen MR) is 71.6 cm³/mol. The Morgan fingerprint density at radius 1 is 1.44 bits per heavy atom.